The predicted octanol–water partition coefficient (Wildman–Crippen LogP) is 4.41. The van der Waals surface area contributed by atoms with Crippen LogP contribution in [0.15, 0.2) is 48.5 Å². The van der Waals surface area contributed by atoms with Gasteiger partial charge in [0, 0.05) is 35.6 Å². The summed E-state index contributed by atoms with van der Waals surface area (Å²) in [6, 6.07) is 16.2. The molecule has 3 rings (SSSR count). The smallest absolute Gasteiger partial charge is 0.233 e. The van der Waals surface area contributed by atoms with Crippen molar-refractivity contribution < 1.29 is 0 Å². The van der Waals surface area contributed by atoms with E-state index < -0.39 is 0 Å². The summed E-state index contributed by atoms with van der Waals surface area (Å²) in [5, 5.41) is 6.49. The number of halogens is 1. The van der Waals surface area contributed by atoms with Gasteiger partial charge in [-0.05, 0) is 35.9 Å². The second-order valence-electron chi connectivity index (χ2n) is 8.62. The number of nitrogens with one attached hydrogen (secondary N) is 2. The summed E-state index contributed by atoms with van der Waals surface area (Å²) in [6.07, 6.45) is 0. The maximum atomic E-state index is 6.11. The second-order valence-corrected chi connectivity index (χ2v) is 8.96. The summed E-state index contributed by atoms with van der Waals surface area (Å²) in [5.74, 6) is 0.766. The van der Waals surface area contributed by atoms with Crippen molar-refractivity contribution in [3.05, 3.63) is 53.8 Å². The molecule has 0 atom stereocenters. The fraction of sp³-hybridized carbons (Fsp3) is 0.286. The molecule has 0 saturated heterocycles. The van der Waals surface area contributed by atoms with Gasteiger partial charge in [-0.1, -0.05) is 0 Å². The zero-order chi connectivity index (χ0) is 21.2. The molecule has 7 nitrogen and oxygen atoms in total. The van der Waals surface area contributed by atoms with Gasteiger partial charge < -0.3 is 10.6 Å². The van der Waals surface area contributed by atoms with E-state index in [0.717, 1.165) is 20.3 Å². The van der Waals surface area contributed by atoms with Crippen molar-refractivity contribution in [3.63, 3.8) is 0 Å². The number of nitrogens with zero attached hydrogens (tertiary/aromatic N) is 5. The highest BCUT2D eigenvalue weighted by atomic mass is 35.5. The molecule has 0 aliphatic rings. The Morgan fingerprint density at radius 2 is 0.931 bits per heavy atom. The molecule has 8 heteroatoms. The summed E-state index contributed by atoms with van der Waals surface area (Å²) < 4.78 is 1.50. The average Bonchev–Trinajstić information content (AvgIpc) is 2.60. The van der Waals surface area contributed by atoms with E-state index in [0.29, 0.717) is 11.9 Å². The van der Waals surface area contributed by atoms with Gasteiger partial charge in [0.1, 0.15) is 11.4 Å². The van der Waals surface area contributed by atoms with Crippen molar-refractivity contribution in [1.29, 1.82) is 0 Å². The third-order valence-electron chi connectivity index (χ3n) is 4.40. The molecule has 2 aromatic carbocycles. The van der Waals surface area contributed by atoms with Gasteiger partial charge in [0.15, 0.2) is 0 Å². The molecular weight excluding hydrogens is 386 g/mol. The first-order chi connectivity index (χ1) is 13.5. The molecule has 0 amide bonds. The highest BCUT2D eigenvalue weighted by Crippen LogP contribution is 2.24. The average molecular weight is 414 g/mol. The zero-order valence-electron chi connectivity index (χ0n) is 17.7. The second kappa shape index (κ2) is 7.94. The third-order valence-corrected chi connectivity index (χ3v) is 4.57. The van der Waals surface area contributed by atoms with Crippen molar-refractivity contribution in [2.75, 3.05) is 52.9 Å². The highest BCUT2D eigenvalue weighted by molar-refractivity contribution is 6.28. The first kappa shape index (κ1) is 21.0. The Hall–Kier alpha value is -2.74. The van der Waals surface area contributed by atoms with E-state index in [1.165, 1.54) is 11.4 Å². The molecule has 0 saturated carbocycles. The molecule has 0 aliphatic carbocycles. The summed E-state index contributed by atoms with van der Waals surface area (Å²) in [4.78, 5) is 12.8. The van der Waals surface area contributed by atoms with Gasteiger partial charge in [-0.3, -0.25) is 8.97 Å². The standard InChI is InChI=1S/C21H28ClN7/c1-28(2,3)17-11-7-15(8-12-17)23-20-25-19(22)26-21(27-20)24-16-9-13-18(14-10-16)29(4,5)6/h7-14H,1-6H3,(H2,23,24,25,26,27)/q+2. The molecule has 0 radical (unpaired) electrons. The van der Waals surface area contributed by atoms with Gasteiger partial charge in [0.25, 0.3) is 0 Å². The molecule has 3 aromatic rings. The van der Waals surface area contributed by atoms with Crippen LogP contribution in [0.25, 0.3) is 0 Å². The van der Waals surface area contributed by atoms with E-state index >= 15 is 0 Å². The van der Waals surface area contributed by atoms with Crippen molar-refractivity contribution in [3.8, 4) is 0 Å². The topological polar surface area (TPSA) is 62.7 Å². The molecule has 29 heavy (non-hydrogen) atoms. The van der Waals surface area contributed by atoms with Crippen molar-refractivity contribution in [1.82, 2.24) is 23.9 Å². The lowest BCUT2D eigenvalue weighted by Crippen LogP contribution is -2.34. The summed E-state index contributed by atoms with van der Waals surface area (Å²) in [7, 11) is 12.7. The molecule has 152 valence electrons. The van der Waals surface area contributed by atoms with E-state index in [4.69, 9.17) is 11.6 Å². The maximum absolute atomic E-state index is 6.11. The van der Waals surface area contributed by atoms with Gasteiger partial charge in [0.05, 0.1) is 42.3 Å². The van der Waals surface area contributed by atoms with Crippen LogP contribution < -0.4 is 19.6 Å². The van der Waals surface area contributed by atoms with Crippen LogP contribution in [0.4, 0.5) is 34.6 Å². The van der Waals surface area contributed by atoms with Crippen LogP contribution in [0.1, 0.15) is 0 Å². The largest absolute Gasteiger partial charge is 0.324 e. The Balaban J connectivity index is 1.76. The minimum absolute atomic E-state index is 0.121. The molecule has 0 aliphatic heterocycles. The van der Waals surface area contributed by atoms with Crippen LogP contribution in [0, 0.1) is 0 Å². The van der Waals surface area contributed by atoms with Crippen molar-refractivity contribution >= 4 is 46.2 Å². The lowest BCUT2D eigenvalue weighted by Gasteiger charge is -2.23. The quantitative estimate of drug-likeness (QED) is 0.586. The molecule has 0 spiro atoms. The van der Waals surface area contributed by atoms with Crippen LogP contribution in [0.3, 0.4) is 0 Å². The molecule has 1 aromatic heterocycles. The molecule has 1 heterocycles. The van der Waals surface area contributed by atoms with Crippen LogP contribution >= 0.6 is 11.6 Å². The minimum atomic E-state index is 0.121. The zero-order valence-corrected chi connectivity index (χ0v) is 18.5. The van der Waals surface area contributed by atoms with E-state index in [9.17, 15) is 0 Å². The Morgan fingerprint density at radius 1 is 0.586 bits per heavy atom. The van der Waals surface area contributed by atoms with Gasteiger partial charge in [0.2, 0.25) is 17.2 Å². The van der Waals surface area contributed by atoms with Gasteiger partial charge in [-0.25, -0.2) is 0 Å². The Kier molecular flexibility index (Phi) is 5.75. The maximum Gasteiger partial charge on any atom is 0.233 e. The minimum Gasteiger partial charge on any atom is -0.324 e. The Morgan fingerprint density at radius 3 is 1.24 bits per heavy atom. The Labute approximate surface area is 177 Å². The van der Waals surface area contributed by atoms with Crippen LogP contribution in [0.5, 0.6) is 0 Å². The summed E-state index contributed by atoms with van der Waals surface area (Å²) >= 11 is 6.11. The number of hydrogen-bond acceptors (Lipinski definition) is 5. The normalized spacial score (nSPS) is 12.0. The highest BCUT2D eigenvalue weighted by Gasteiger charge is 2.13. The number of aromatic nitrogens is 3. The third kappa shape index (κ3) is 5.63. The molecule has 0 fully saturated rings. The van der Waals surface area contributed by atoms with Crippen molar-refractivity contribution in [2.24, 2.45) is 0 Å². The number of benzene rings is 2. The summed E-state index contributed by atoms with van der Waals surface area (Å²) in [6.45, 7) is 0. The molecule has 0 bridgehead atoms. The monoisotopic (exact) mass is 413 g/mol. The molecule has 2 N–H and O–H groups in total. The number of rotatable bonds is 6. The van der Waals surface area contributed by atoms with E-state index in [2.05, 4.69) is 92.1 Å². The van der Waals surface area contributed by atoms with E-state index in [-0.39, 0.29) is 5.28 Å². The van der Waals surface area contributed by atoms with E-state index in [1.54, 1.807) is 0 Å². The van der Waals surface area contributed by atoms with Crippen molar-refractivity contribution in [2.45, 2.75) is 0 Å². The van der Waals surface area contributed by atoms with Crippen LogP contribution in [-0.4, -0.2) is 57.2 Å². The SMILES string of the molecule is C[N+](C)(C)c1ccc(Nc2nc(Cl)nc(Nc3ccc([N+](C)(C)C)cc3)n2)cc1. The number of anilines is 4. The number of hydrogen-bond donors (Lipinski definition) is 2. The number of quaternary nitrogens is 2. The van der Waals surface area contributed by atoms with Gasteiger partial charge in [-0.15, -0.1) is 0 Å². The van der Waals surface area contributed by atoms with Crippen LogP contribution in [0.2, 0.25) is 5.28 Å². The van der Waals surface area contributed by atoms with Gasteiger partial charge in [-0.2, -0.15) is 15.0 Å². The fourth-order valence-corrected chi connectivity index (χ4v) is 2.86. The molecular formula is C21H28ClN7+2. The first-order valence-corrected chi connectivity index (χ1v) is 9.68. The van der Waals surface area contributed by atoms with Gasteiger partial charge >= 0.3 is 0 Å². The first-order valence-electron chi connectivity index (χ1n) is 9.30. The Bertz CT molecular complexity index is 894. The molecule has 0 unspecified atom stereocenters. The predicted molar refractivity (Wildman–Crippen MR) is 123 cm³/mol. The summed E-state index contributed by atoms with van der Waals surface area (Å²) in [5.41, 5.74) is 4.15. The van der Waals surface area contributed by atoms with Crippen LogP contribution in [-0.2, 0) is 0 Å². The fourth-order valence-electron chi connectivity index (χ4n) is 2.70. The lowest BCUT2D eigenvalue weighted by atomic mass is 10.2. The lowest BCUT2D eigenvalue weighted by molar-refractivity contribution is 0.486. The van der Waals surface area contributed by atoms with E-state index in [1.807, 2.05) is 24.3 Å².